The first kappa shape index (κ1) is 11.1. The van der Waals surface area contributed by atoms with Gasteiger partial charge in [0.1, 0.15) is 0 Å². The van der Waals surface area contributed by atoms with E-state index in [9.17, 15) is 0 Å². The molecule has 0 nitrogen and oxygen atoms in total. The molecule has 0 N–H and O–H groups in total. The zero-order valence-electron chi connectivity index (χ0n) is 10.3. The van der Waals surface area contributed by atoms with E-state index in [4.69, 9.17) is 0 Å². The third-order valence-corrected chi connectivity index (χ3v) is 4.99. The van der Waals surface area contributed by atoms with Gasteiger partial charge in [-0.1, -0.05) is 48.0 Å². The van der Waals surface area contributed by atoms with E-state index < -0.39 is 0 Å². The number of hydrogen-bond acceptors (Lipinski definition) is 0. The molecule has 1 fully saturated rings. The Morgan fingerprint density at radius 1 is 1.31 bits per heavy atom. The van der Waals surface area contributed by atoms with Crippen LogP contribution in [0.4, 0.5) is 0 Å². The molecule has 1 aliphatic rings. The van der Waals surface area contributed by atoms with Crippen LogP contribution in [0.5, 0.6) is 0 Å². The van der Waals surface area contributed by atoms with Crippen LogP contribution >= 0.6 is 0 Å². The third kappa shape index (κ3) is 1.78. The van der Waals surface area contributed by atoms with Crippen LogP contribution in [0.3, 0.4) is 0 Å². The third-order valence-electron chi connectivity index (χ3n) is 4.99. The van der Waals surface area contributed by atoms with E-state index in [0.717, 1.165) is 11.8 Å². The summed E-state index contributed by atoms with van der Waals surface area (Å²) < 4.78 is 0. The summed E-state index contributed by atoms with van der Waals surface area (Å²) in [6, 6.07) is 0. The highest BCUT2D eigenvalue weighted by Crippen LogP contribution is 2.55. The molecule has 13 heavy (non-hydrogen) atoms. The molecular weight excluding hydrogens is 156 g/mol. The first-order valence-electron chi connectivity index (χ1n) is 5.79. The fraction of sp³-hybridized carbons (Fsp3) is 1.00. The van der Waals surface area contributed by atoms with Gasteiger partial charge in [0.2, 0.25) is 0 Å². The molecule has 2 unspecified atom stereocenters. The zero-order valence-corrected chi connectivity index (χ0v) is 10.3. The summed E-state index contributed by atoms with van der Waals surface area (Å²) in [5.41, 5.74) is 1.08. The fourth-order valence-corrected chi connectivity index (χ4v) is 2.82. The molecule has 0 saturated heterocycles. The molecular formula is C13H26. The highest BCUT2D eigenvalue weighted by atomic mass is 14.5. The van der Waals surface area contributed by atoms with Crippen molar-refractivity contribution in [1.82, 2.24) is 0 Å². The van der Waals surface area contributed by atoms with Gasteiger partial charge in [-0.05, 0) is 35.5 Å². The molecule has 1 saturated carbocycles. The van der Waals surface area contributed by atoms with Crippen molar-refractivity contribution in [1.29, 1.82) is 0 Å². The summed E-state index contributed by atoms with van der Waals surface area (Å²) in [5, 5.41) is 0. The van der Waals surface area contributed by atoms with Crippen LogP contribution in [-0.4, -0.2) is 0 Å². The van der Waals surface area contributed by atoms with E-state index in [1.54, 1.807) is 0 Å². The Morgan fingerprint density at radius 2 is 1.85 bits per heavy atom. The quantitative estimate of drug-likeness (QED) is 0.590. The minimum atomic E-state index is 0.498. The summed E-state index contributed by atoms with van der Waals surface area (Å²) in [7, 11) is 0. The standard InChI is InChI=1S/C13H26/c1-10(2)12(4,5)13(6)8-7-11(3)9-13/h10-11H,7-9H2,1-6H3. The van der Waals surface area contributed by atoms with Gasteiger partial charge in [-0.3, -0.25) is 0 Å². The molecule has 0 aliphatic heterocycles. The first-order chi connectivity index (χ1) is 5.79. The van der Waals surface area contributed by atoms with Crippen molar-refractivity contribution in [3.8, 4) is 0 Å². The molecule has 0 aromatic heterocycles. The van der Waals surface area contributed by atoms with Crippen molar-refractivity contribution in [3.63, 3.8) is 0 Å². The van der Waals surface area contributed by atoms with E-state index in [0.29, 0.717) is 10.8 Å². The second-order valence-electron chi connectivity index (χ2n) is 6.29. The largest absolute Gasteiger partial charge is 0.0625 e. The predicted octanol–water partition coefficient (Wildman–Crippen LogP) is 4.49. The van der Waals surface area contributed by atoms with Crippen LogP contribution in [-0.2, 0) is 0 Å². The molecule has 0 heteroatoms. The minimum Gasteiger partial charge on any atom is -0.0625 e. The van der Waals surface area contributed by atoms with Crippen LogP contribution in [0.2, 0.25) is 0 Å². The molecule has 2 atom stereocenters. The highest BCUT2D eigenvalue weighted by molar-refractivity contribution is 4.96. The van der Waals surface area contributed by atoms with Gasteiger partial charge in [0.05, 0.1) is 0 Å². The normalized spacial score (nSPS) is 35.8. The topological polar surface area (TPSA) is 0 Å². The van der Waals surface area contributed by atoms with Gasteiger partial charge in [0.15, 0.2) is 0 Å². The molecule has 0 amide bonds. The molecule has 0 aromatic carbocycles. The van der Waals surface area contributed by atoms with Crippen LogP contribution in [0.15, 0.2) is 0 Å². The summed E-state index contributed by atoms with van der Waals surface area (Å²) in [6.07, 6.45) is 4.30. The average Bonchev–Trinajstić information content (AvgIpc) is 2.32. The fourth-order valence-electron chi connectivity index (χ4n) is 2.82. The van der Waals surface area contributed by atoms with Crippen LogP contribution < -0.4 is 0 Å². The number of hydrogen-bond donors (Lipinski definition) is 0. The Labute approximate surface area is 84.1 Å². The number of rotatable bonds is 2. The first-order valence-corrected chi connectivity index (χ1v) is 5.79. The summed E-state index contributed by atoms with van der Waals surface area (Å²) in [5.74, 6) is 1.74. The Balaban J connectivity index is 2.80. The lowest BCUT2D eigenvalue weighted by molar-refractivity contribution is 0.0416. The summed E-state index contributed by atoms with van der Waals surface area (Å²) in [4.78, 5) is 0. The van der Waals surface area contributed by atoms with E-state index >= 15 is 0 Å². The van der Waals surface area contributed by atoms with Crippen LogP contribution in [0.1, 0.15) is 60.8 Å². The Morgan fingerprint density at radius 3 is 2.15 bits per heavy atom. The van der Waals surface area contributed by atoms with Gasteiger partial charge in [0, 0.05) is 0 Å². The van der Waals surface area contributed by atoms with Crippen molar-refractivity contribution >= 4 is 0 Å². The maximum atomic E-state index is 2.50. The van der Waals surface area contributed by atoms with Gasteiger partial charge >= 0.3 is 0 Å². The Kier molecular flexibility index (Phi) is 2.81. The Bertz CT molecular complexity index is 178. The van der Waals surface area contributed by atoms with E-state index in [1.807, 2.05) is 0 Å². The van der Waals surface area contributed by atoms with Gasteiger partial charge in [-0.2, -0.15) is 0 Å². The molecule has 0 bridgehead atoms. The average molecular weight is 182 g/mol. The second-order valence-corrected chi connectivity index (χ2v) is 6.29. The highest BCUT2D eigenvalue weighted by Gasteiger charge is 2.46. The van der Waals surface area contributed by atoms with Crippen molar-refractivity contribution in [2.75, 3.05) is 0 Å². The zero-order chi connectivity index (χ0) is 10.3. The minimum absolute atomic E-state index is 0.498. The molecule has 0 aromatic rings. The van der Waals surface area contributed by atoms with Crippen LogP contribution in [0.25, 0.3) is 0 Å². The van der Waals surface area contributed by atoms with Gasteiger partial charge in [0.25, 0.3) is 0 Å². The lowest BCUT2D eigenvalue weighted by Crippen LogP contribution is -2.37. The molecule has 0 radical (unpaired) electrons. The van der Waals surface area contributed by atoms with Gasteiger partial charge in [-0.15, -0.1) is 0 Å². The van der Waals surface area contributed by atoms with Gasteiger partial charge in [-0.25, -0.2) is 0 Å². The molecule has 1 rings (SSSR count). The smallest absolute Gasteiger partial charge is 0.0269 e. The summed E-state index contributed by atoms with van der Waals surface area (Å²) >= 11 is 0. The molecule has 0 spiro atoms. The van der Waals surface area contributed by atoms with Crippen molar-refractivity contribution in [3.05, 3.63) is 0 Å². The molecule has 78 valence electrons. The van der Waals surface area contributed by atoms with Crippen molar-refractivity contribution in [2.45, 2.75) is 60.8 Å². The van der Waals surface area contributed by atoms with Crippen molar-refractivity contribution < 1.29 is 0 Å². The van der Waals surface area contributed by atoms with E-state index in [-0.39, 0.29) is 0 Å². The summed E-state index contributed by atoms with van der Waals surface area (Å²) in [6.45, 7) is 14.5. The Hall–Kier alpha value is 0. The maximum absolute atomic E-state index is 2.50. The lowest BCUT2D eigenvalue weighted by atomic mass is 9.60. The SMILES string of the molecule is CC1CCC(C)(C(C)(C)C(C)C)C1. The van der Waals surface area contributed by atoms with E-state index in [1.165, 1.54) is 19.3 Å². The lowest BCUT2D eigenvalue weighted by Gasteiger charge is -2.45. The predicted molar refractivity (Wildman–Crippen MR) is 59.7 cm³/mol. The van der Waals surface area contributed by atoms with Crippen LogP contribution in [0, 0.1) is 22.7 Å². The molecule has 0 heterocycles. The second kappa shape index (κ2) is 3.29. The van der Waals surface area contributed by atoms with Crippen molar-refractivity contribution in [2.24, 2.45) is 22.7 Å². The maximum Gasteiger partial charge on any atom is -0.0269 e. The molecule has 1 aliphatic carbocycles. The van der Waals surface area contributed by atoms with E-state index in [2.05, 4.69) is 41.5 Å². The van der Waals surface area contributed by atoms with Gasteiger partial charge < -0.3 is 0 Å². The monoisotopic (exact) mass is 182 g/mol.